The third kappa shape index (κ3) is 7.12. The first-order valence-corrected chi connectivity index (χ1v) is 22.7. The molecule has 0 unspecified atom stereocenters. The van der Waals surface area contributed by atoms with E-state index in [2.05, 4.69) is 276 Å². The zero-order valence-corrected chi connectivity index (χ0v) is 36.3. The van der Waals surface area contributed by atoms with Crippen LogP contribution in [-0.4, -0.2) is 4.57 Å². The summed E-state index contributed by atoms with van der Waals surface area (Å²) in [6, 6.07) is 96.9. The van der Waals surface area contributed by atoms with Crippen LogP contribution in [0.4, 0.5) is 17.1 Å². The smallest absolute Gasteiger partial charge is 0.0561 e. The molecule has 12 aromatic rings. The van der Waals surface area contributed by atoms with Gasteiger partial charge in [-0.15, -0.1) is 0 Å². The number of rotatable bonds is 9. The molecular weight excluding hydrogens is 797 g/mol. The standard InChI is InChI=1S/C64H44N2/c1-5-17-45(18-6-1)51-41-52(46-19-7-2-8-20-46)43-53(42-51)47-29-34-55(35-30-47)65(57-38-40-61-60-27-15-16-28-62(60)66(63(61)44-57)54-24-11-4-12-25-54)56-36-31-49(32-37-56)59-39-33-48-21-13-14-26-58(48)64(59)50-22-9-3-10-23-50/h1-44H. The molecule has 0 saturated heterocycles. The van der Waals surface area contributed by atoms with Crippen LogP contribution in [0, 0.1) is 0 Å². The molecular formula is C64H44N2. The molecule has 310 valence electrons. The largest absolute Gasteiger partial charge is 0.310 e. The zero-order valence-electron chi connectivity index (χ0n) is 36.3. The Morgan fingerprint density at radius 1 is 0.258 bits per heavy atom. The van der Waals surface area contributed by atoms with Gasteiger partial charge in [0.05, 0.1) is 11.0 Å². The minimum absolute atomic E-state index is 1.08. The Balaban J connectivity index is 1.01. The Labute approximate surface area is 385 Å². The Morgan fingerprint density at radius 2 is 0.712 bits per heavy atom. The van der Waals surface area contributed by atoms with Gasteiger partial charge in [0.2, 0.25) is 0 Å². The van der Waals surface area contributed by atoms with Gasteiger partial charge >= 0.3 is 0 Å². The van der Waals surface area contributed by atoms with Crippen molar-refractivity contribution in [3.05, 3.63) is 267 Å². The van der Waals surface area contributed by atoms with E-state index in [0.717, 1.165) is 33.8 Å². The Hall–Kier alpha value is -8.72. The minimum Gasteiger partial charge on any atom is -0.310 e. The van der Waals surface area contributed by atoms with Crippen molar-refractivity contribution in [1.82, 2.24) is 4.57 Å². The van der Waals surface area contributed by atoms with Gasteiger partial charge < -0.3 is 9.47 Å². The Kier molecular flexibility index (Phi) is 9.89. The summed E-state index contributed by atoms with van der Waals surface area (Å²) >= 11 is 0. The summed E-state index contributed by atoms with van der Waals surface area (Å²) in [4.78, 5) is 2.40. The van der Waals surface area contributed by atoms with Crippen molar-refractivity contribution in [2.24, 2.45) is 0 Å². The molecule has 0 saturated carbocycles. The summed E-state index contributed by atoms with van der Waals surface area (Å²) in [5.41, 5.74) is 18.7. The highest BCUT2D eigenvalue weighted by Crippen LogP contribution is 2.43. The summed E-state index contributed by atoms with van der Waals surface area (Å²) in [7, 11) is 0. The third-order valence-electron chi connectivity index (χ3n) is 13.0. The average Bonchev–Trinajstić information content (AvgIpc) is 3.73. The van der Waals surface area contributed by atoms with Crippen molar-refractivity contribution in [2.45, 2.75) is 0 Å². The number of anilines is 3. The monoisotopic (exact) mass is 840 g/mol. The van der Waals surface area contributed by atoms with Crippen LogP contribution in [0.2, 0.25) is 0 Å². The van der Waals surface area contributed by atoms with E-state index < -0.39 is 0 Å². The van der Waals surface area contributed by atoms with Gasteiger partial charge in [0.25, 0.3) is 0 Å². The Bertz CT molecular complexity index is 3590. The number of para-hydroxylation sites is 2. The van der Waals surface area contributed by atoms with E-state index in [-0.39, 0.29) is 0 Å². The van der Waals surface area contributed by atoms with Crippen molar-refractivity contribution < 1.29 is 0 Å². The van der Waals surface area contributed by atoms with Crippen LogP contribution in [0.15, 0.2) is 267 Å². The van der Waals surface area contributed by atoms with E-state index in [1.54, 1.807) is 0 Å². The summed E-state index contributed by atoms with van der Waals surface area (Å²) < 4.78 is 2.40. The number of hydrogen-bond acceptors (Lipinski definition) is 1. The SMILES string of the molecule is c1ccc(-c2cc(-c3ccccc3)cc(-c3ccc(N(c4ccc(-c5ccc6ccccc6c5-c5ccccc5)cc4)c4ccc5c6ccccc6n(-c6ccccc6)c5c4)cc3)c2)cc1. The van der Waals surface area contributed by atoms with Gasteiger partial charge in [0, 0.05) is 33.5 Å². The summed E-state index contributed by atoms with van der Waals surface area (Å²) in [5.74, 6) is 0. The summed E-state index contributed by atoms with van der Waals surface area (Å²) in [5, 5.41) is 4.94. The van der Waals surface area contributed by atoms with Gasteiger partial charge in [-0.05, 0) is 139 Å². The maximum atomic E-state index is 2.40. The van der Waals surface area contributed by atoms with Crippen LogP contribution in [-0.2, 0) is 0 Å². The predicted molar refractivity (Wildman–Crippen MR) is 280 cm³/mol. The molecule has 0 spiro atoms. The molecule has 0 fully saturated rings. The summed E-state index contributed by atoms with van der Waals surface area (Å²) in [6.45, 7) is 0. The van der Waals surface area contributed by atoms with Crippen LogP contribution in [0.5, 0.6) is 0 Å². The fourth-order valence-corrected chi connectivity index (χ4v) is 9.81. The Morgan fingerprint density at radius 3 is 1.32 bits per heavy atom. The van der Waals surface area contributed by atoms with Gasteiger partial charge in [0.15, 0.2) is 0 Å². The van der Waals surface area contributed by atoms with Crippen molar-refractivity contribution in [3.8, 4) is 61.3 Å². The van der Waals surface area contributed by atoms with E-state index in [9.17, 15) is 0 Å². The van der Waals surface area contributed by atoms with Crippen LogP contribution in [0.25, 0.3) is 93.9 Å². The van der Waals surface area contributed by atoms with E-state index in [1.807, 2.05) is 0 Å². The van der Waals surface area contributed by atoms with Crippen LogP contribution in [0.1, 0.15) is 0 Å². The lowest BCUT2D eigenvalue weighted by molar-refractivity contribution is 1.18. The molecule has 12 rings (SSSR count). The molecule has 0 N–H and O–H groups in total. The first-order valence-electron chi connectivity index (χ1n) is 22.7. The molecule has 0 aliphatic heterocycles. The van der Waals surface area contributed by atoms with Crippen molar-refractivity contribution in [2.75, 3.05) is 4.90 Å². The second-order valence-electron chi connectivity index (χ2n) is 16.9. The topological polar surface area (TPSA) is 8.17 Å². The van der Waals surface area contributed by atoms with Gasteiger partial charge in [0.1, 0.15) is 0 Å². The first-order chi connectivity index (χ1) is 32.7. The fourth-order valence-electron chi connectivity index (χ4n) is 9.81. The quantitative estimate of drug-likeness (QED) is 0.141. The van der Waals surface area contributed by atoms with E-state index in [1.165, 1.54) is 77.1 Å². The average molecular weight is 841 g/mol. The molecule has 0 aliphatic carbocycles. The fraction of sp³-hybridized carbons (Fsp3) is 0. The lowest BCUT2D eigenvalue weighted by Gasteiger charge is -2.26. The third-order valence-corrected chi connectivity index (χ3v) is 13.0. The van der Waals surface area contributed by atoms with Crippen molar-refractivity contribution in [3.63, 3.8) is 0 Å². The summed E-state index contributed by atoms with van der Waals surface area (Å²) in [6.07, 6.45) is 0. The van der Waals surface area contributed by atoms with E-state index >= 15 is 0 Å². The molecule has 2 nitrogen and oxygen atoms in total. The number of nitrogens with zero attached hydrogens (tertiary/aromatic N) is 2. The van der Waals surface area contributed by atoms with E-state index in [0.29, 0.717) is 0 Å². The molecule has 66 heavy (non-hydrogen) atoms. The molecule has 0 amide bonds. The van der Waals surface area contributed by atoms with Crippen LogP contribution in [0.3, 0.4) is 0 Å². The van der Waals surface area contributed by atoms with Gasteiger partial charge in [-0.25, -0.2) is 0 Å². The highest BCUT2D eigenvalue weighted by Gasteiger charge is 2.19. The van der Waals surface area contributed by atoms with E-state index in [4.69, 9.17) is 0 Å². The van der Waals surface area contributed by atoms with Crippen LogP contribution < -0.4 is 4.90 Å². The molecule has 0 bridgehead atoms. The lowest BCUT2D eigenvalue weighted by Crippen LogP contribution is -2.10. The van der Waals surface area contributed by atoms with Crippen LogP contribution >= 0.6 is 0 Å². The van der Waals surface area contributed by atoms with Crippen molar-refractivity contribution in [1.29, 1.82) is 0 Å². The molecule has 0 aliphatic rings. The predicted octanol–water partition coefficient (Wildman–Crippen LogP) is 17.7. The molecule has 1 heterocycles. The van der Waals surface area contributed by atoms with Gasteiger partial charge in [-0.1, -0.05) is 194 Å². The zero-order chi connectivity index (χ0) is 43.8. The highest BCUT2D eigenvalue weighted by molar-refractivity contribution is 6.10. The second-order valence-corrected chi connectivity index (χ2v) is 16.9. The molecule has 0 radical (unpaired) electrons. The normalized spacial score (nSPS) is 11.3. The number of benzene rings is 11. The van der Waals surface area contributed by atoms with Crippen molar-refractivity contribution >= 4 is 49.6 Å². The first kappa shape index (κ1) is 38.9. The number of fused-ring (bicyclic) bond motifs is 4. The molecule has 1 aromatic heterocycles. The number of aromatic nitrogens is 1. The van der Waals surface area contributed by atoms with Gasteiger partial charge in [-0.3, -0.25) is 0 Å². The maximum absolute atomic E-state index is 2.40. The maximum Gasteiger partial charge on any atom is 0.0561 e. The van der Waals surface area contributed by atoms with Gasteiger partial charge in [-0.2, -0.15) is 0 Å². The minimum atomic E-state index is 1.08. The highest BCUT2D eigenvalue weighted by atomic mass is 15.1. The second kappa shape index (κ2) is 16.8. The number of hydrogen-bond donors (Lipinski definition) is 0. The molecule has 11 aromatic carbocycles. The molecule has 0 atom stereocenters. The lowest BCUT2D eigenvalue weighted by atomic mass is 9.90. The molecule has 2 heteroatoms.